The number of ether oxygens (including phenoxy) is 1. The van der Waals surface area contributed by atoms with E-state index in [1.165, 1.54) is 5.56 Å². The van der Waals surface area contributed by atoms with E-state index in [0.717, 1.165) is 11.3 Å². The van der Waals surface area contributed by atoms with Gasteiger partial charge in [0, 0.05) is 18.1 Å². The third-order valence-electron chi connectivity index (χ3n) is 3.93. The van der Waals surface area contributed by atoms with Crippen LogP contribution in [0.3, 0.4) is 0 Å². The van der Waals surface area contributed by atoms with Gasteiger partial charge in [-0.25, -0.2) is 19.7 Å². The van der Waals surface area contributed by atoms with E-state index < -0.39 is 11.9 Å². The molecule has 0 aliphatic rings. The van der Waals surface area contributed by atoms with Gasteiger partial charge in [-0.1, -0.05) is 26.0 Å². The summed E-state index contributed by atoms with van der Waals surface area (Å²) in [6.45, 7) is 5.53. The first-order valence-corrected chi connectivity index (χ1v) is 9.57. The minimum absolute atomic E-state index is 0.330. The summed E-state index contributed by atoms with van der Waals surface area (Å²) < 4.78 is 5.13. The Morgan fingerprint density at radius 1 is 1.14 bits per heavy atom. The number of anilines is 1. The number of rotatable bonds is 6. The smallest absolute Gasteiger partial charge is 0.350 e. The maximum atomic E-state index is 12.3. The molecule has 3 aromatic rings. The summed E-state index contributed by atoms with van der Waals surface area (Å²) in [5.74, 6) is -0.140. The molecule has 0 saturated carbocycles. The van der Waals surface area contributed by atoms with Crippen LogP contribution in [0.4, 0.5) is 5.69 Å². The summed E-state index contributed by atoms with van der Waals surface area (Å²) in [5, 5.41) is 3.24. The summed E-state index contributed by atoms with van der Waals surface area (Å²) in [5.41, 5.74) is 2.35. The molecule has 0 saturated heterocycles. The lowest BCUT2D eigenvalue weighted by Crippen LogP contribution is -2.20. The monoisotopic (exact) mass is 396 g/mol. The Morgan fingerprint density at radius 2 is 1.82 bits per heavy atom. The molecule has 28 heavy (non-hydrogen) atoms. The highest BCUT2D eigenvalue weighted by molar-refractivity contribution is 7.16. The Kier molecular flexibility index (Phi) is 6.10. The average molecular weight is 396 g/mol. The summed E-state index contributed by atoms with van der Waals surface area (Å²) in [4.78, 5) is 37.3. The zero-order valence-corrected chi connectivity index (χ0v) is 16.6. The molecule has 144 valence electrons. The zero-order valence-electron chi connectivity index (χ0n) is 15.8. The summed E-state index contributed by atoms with van der Waals surface area (Å²) in [6.07, 6.45) is 3.21. The SMILES string of the molecule is Cc1nc(-c2ncccn2)sc1C(=O)OCC(=O)Nc1ccc(C(C)C)cc1. The van der Waals surface area contributed by atoms with Crippen molar-refractivity contribution in [2.75, 3.05) is 11.9 Å². The molecule has 0 aliphatic heterocycles. The largest absolute Gasteiger partial charge is 0.451 e. The van der Waals surface area contributed by atoms with Crippen LogP contribution in [-0.2, 0) is 9.53 Å². The summed E-state index contributed by atoms with van der Waals surface area (Å²) in [6, 6.07) is 9.28. The number of esters is 1. The zero-order chi connectivity index (χ0) is 20.1. The van der Waals surface area contributed by atoms with Gasteiger partial charge in [-0.2, -0.15) is 0 Å². The van der Waals surface area contributed by atoms with Crippen LogP contribution >= 0.6 is 11.3 Å². The van der Waals surface area contributed by atoms with Gasteiger partial charge in [-0.05, 0) is 36.6 Å². The van der Waals surface area contributed by atoms with Gasteiger partial charge in [0.1, 0.15) is 4.88 Å². The van der Waals surface area contributed by atoms with Crippen molar-refractivity contribution >= 4 is 28.9 Å². The molecule has 0 radical (unpaired) electrons. The van der Waals surface area contributed by atoms with Gasteiger partial charge in [0.2, 0.25) is 0 Å². The molecule has 2 aromatic heterocycles. The van der Waals surface area contributed by atoms with Crippen LogP contribution in [0.2, 0.25) is 0 Å². The van der Waals surface area contributed by atoms with Crippen molar-refractivity contribution in [1.82, 2.24) is 15.0 Å². The number of carbonyl (C=O) groups excluding carboxylic acids is 2. The van der Waals surface area contributed by atoms with Gasteiger partial charge in [0.05, 0.1) is 5.69 Å². The van der Waals surface area contributed by atoms with Crippen molar-refractivity contribution in [1.29, 1.82) is 0 Å². The van der Waals surface area contributed by atoms with E-state index in [0.29, 0.717) is 33.0 Å². The van der Waals surface area contributed by atoms with Crippen LogP contribution in [-0.4, -0.2) is 33.4 Å². The number of benzene rings is 1. The Hall–Kier alpha value is -3.13. The van der Waals surface area contributed by atoms with Crippen molar-refractivity contribution in [3.05, 3.63) is 58.9 Å². The lowest BCUT2D eigenvalue weighted by atomic mass is 10.0. The van der Waals surface area contributed by atoms with Crippen LogP contribution in [0.1, 0.15) is 40.7 Å². The lowest BCUT2D eigenvalue weighted by Gasteiger charge is -2.08. The normalized spacial score (nSPS) is 10.7. The van der Waals surface area contributed by atoms with E-state index in [4.69, 9.17) is 4.74 Å². The van der Waals surface area contributed by atoms with E-state index in [-0.39, 0.29) is 6.61 Å². The molecule has 1 aromatic carbocycles. The second-order valence-corrected chi connectivity index (χ2v) is 7.41. The third-order valence-corrected chi connectivity index (χ3v) is 5.07. The predicted octanol–water partition coefficient (Wildman–Crippen LogP) is 3.83. The van der Waals surface area contributed by atoms with Gasteiger partial charge in [0.25, 0.3) is 5.91 Å². The fourth-order valence-electron chi connectivity index (χ4n) is 2.44. The van der Waals surface area contributed by atoms with Crippen LogP contribution in [0.5, 0.6) is 0 Å². The van der Waals surface area contributed by atoms with Crippen LogP contribution < -0.4 is 5.32 Å². The first-order chi connectivity index (χ1) is 13.4. The fourth-order valence-corrected chi connectivity index (χ4v) is 3.34. The molecule has 0 aliphatic carbocycles. The second kappa shape index (κ2) is 8.71. The number of aromatic nitrogens is 3. The first-order valence-electron chi connectivity index (χ1n) is 8.76. The quantitative estimate of drug-likeness (QED) is 0.637. The highest BCUT2D eigenvalue weighted by Crippen LogP contribution is 2.25. The molecule has 0 spiro atoms. The summed E-state index contributed by atoms with van der Waals surface area (Å²) >= 11 is 1.14. The predicted molar refractivity (Wildman–Crippen MR) is 107 cm³/mol. The molecular weight excluding hydrogens is 376 g/mol. The van der Waals surface area contributed by atoms with Crippen LogP contribution in [0.15, 0.2) is 42.7 Å². The molecule has 2 heterocycles. The average Bonchev–Trinajstić information content (AvgIpc) is 3.09. The van der Waals surface area contributed by atoms with Crippen molar-refractivity contribution in [3.8, 4) is 10.8 Å². The molecule has 1 amide bonds. The van der Waals surface area contributed by atoms with Gasteiger partial charge < -0.3 is 10.1 Å². The molecule has 7 nitrogen and oxygen atoms in total. The van der Waals surface area contributed by atoms with Gasteiger partial charge >= 0.3 is 5.97 Å². The van der Waals surface area contributed by atoms with E-state index in [1.54, 1.807) is 25.4 Å². The van der Waals surface area contributed by atoms with E-state index in [1.807, 2.05) is 24.3 Å². The molecule has 0 unspecified atom stereocenters. The van der Waals surface area contributed by atoms with Crippen molar-refractivity contribution in [2.24, 2.45) is 0 Å². The molecular formula is C20H20N4O3S. The number of nitrogens with one attached hydrogen (secondary N) is 1. The maximum Gasteiger partial charge on any atom is 0.350 e. The van der Waals surface area contributed by atoms with E-state index in [2.05, 4.69) is 34.1 Å². The van der Waals surface area contributed by atoms with Crippen LogP contribution in [0, 0.1) is 6.92 Å². The van der Waals surface area contributed by atoms with Crippen molar-refractivity contribution < 1.29 is 14.3 Å². The highest BCUT2D eigenvalue weighted by Gasteiger charge is 2.19. The molecule has 3 rings (SSSR count). The van der Waals surface area contributed by atoms with Gasteiger partial charge in [-0.15, -0.1) is 11.3 Å². The van der Waals surface area contributed by atoms with Crippen molar-refractivity contribution in [2.45, 2.75) is 26.7 Å². The topological polar surface area (TPSA) is 94.1 Å². The number of amides is 1. The second-order valence-electron chi connectivity index (χ2n) is 6.41. The number of aryl methyl sites for hydroxylation is 1. The maximum absolute atomic E-state index is 12.3. The Labute approximate surface area is 166 Å². The molecule has 0 atom stereocenters. The number of hydrogen-bond acceptors (Lipinski definition) is 7. The fraction of sp³-hybridized carbons (Fsp3) is 0.250. The summed E-state index contributed by atoms with van der Waals surface area (Å²) in [7, 11) is 0. The minimum atomic E-state index is -0.595. The van der Waals surface area contributed by atoms with Gasteiger partial charge in [-0.3, -0.25) is 4.79 Å². The number of nitrogens with zero attached hydrogens (tertiary/aromatic N) is 3. The standard InChI is InChI=1S/C20H20N4O3S/c1-12(2)14-5-7-15(8-6-14)24-16(25)11-27-20(26)17-13(3)23-19(28-17)18-21-9-4-10-22-18/h4-10,12H,11H2,1-3H3,(H,24,25). The number of thiazole rings is 1. The Balaban J connectivity index is 1.58. The number of carbonyl (C=O) groups is 2. The Morgan fingerprint density at radius 3 is 2.46 bits per heavy atom. The first kappa shape index (κ1) is 19.6. The lowest BCUT2D eigenvalue weighted by molar-refractivity contribution is -0.119. The van der Waals surface area contributed by atoms with E-state index >= 15 is 0 Å². The number of hydrogen-bond donors (Lipinski definition) is 1. The third kappa shape index (κ3) is 4.77. The molecule has 8 heteroatoms. The van der Waals surface area contributed by atoms with E-state index in [9.17, 15) is 9.59 Å². The molecule has 1 N–H and O–H groups in total. The van der Waals surface area contributed by atoms with Gasteiger partial charge in [0.15, 0.2) is 17.4 Å². The molecule has 0 bridgehead atoms. The Bertz CT molecular complexity index is 969. The van der Waals surface area contributed by atoms with Crippen LogP contribution in [0.25, 0.3) is 10.8 Å². The van der Waals surface area contributed by atoms with Crippen molar-refractivity contribution in [3.63, 3.8) is 0 Å². The minimum Gasteiger partial charge on any atom is -0.451 e. The highest BCUT2D eigenvalue weighted by atomic mass is 32.1. The molecule has 0 fully saturated rings.